The van der Waals surface area contributed by atoms with E-state index in [9.17, 15) is 9.59 Å². The van der Waals surface area contributed by atoms with Crippen molar-refractivity contribution in [3.63, 3.8) is 0 Å². The van der Waals surface area contributed by atoms with Crippen molar-refractivity contribution >= 4 is 11.8 Å². The Balaban J connectivity index is 2.42. The number of benzene rings is 1. The van der Waals surface area contributed by atoms with Crippen molar-refractivity contribution < 1.29 is 19.1 Å². The van der Waals surface area contributed by atoms with Gasteiger partial charge in [0.15, 0.2) is 11.5 Å². The quantitative estimate of drug-likeness (QED) is 0.537. The summed E-state index contributed by atoms with van der Waals surface area (Å²) in [6, 6.07) is 5.40. The summed E-state index contributed by atoms with van der Waals surface area (Å²) < 4.78 is 10.4. The summed E-state index contributed by atoms with van der Waals surface area (Å²) in [7, 11) is 3.12. The first-order valence-electron chi connectivity index (χ1n) is 7.35. The Morgan fingerprint density at radius 3 is 2.36 bits per heavy atom. The van der Waals surface area contributed by atoms with Crippen LogP contribution in [0.4, 0.5) is 0 Å². The molecule has 0 saturated heterocycles. The number of carbonyl (C=O) groups excluding carboxylic acids is 2. The number of rotatable bonds is 9. The molecular weight excluding hydrogens is 284 g/mol. The summed E-state index contributed by atoms with van der Waals surface area (Å²) in [5.41, 5.74) is 0.873. The van der Waals surface area contributed by atoms with Crippen molar-refractivity contribution in [2.24, 2.45) is 0 Å². The van der Waals surface area contributed by atoms with Crippen molar-refractivity contribution in [2.45, 2.75) is 32.7 Å². The van der Waals surface area contributed by atoms with E-state index in [4.69, 9.17) is 9.47 Å². The Morgan fingerprint density at radius 2 is 1.73 bits per heavy atom. The van der Waals surface area contributed by atoms with E-state index in [1.807, 2.05) is 13.0 Å². The first-order valence-corrected chi connectivity index (χ1v) is 7.35. The molecule has 1 aromatic rings. The third-order valence-corrected chi connectivity index (χ3v) is 3.11. The van der Waals surface area contributed by atoms with Gasteiger partial charge in [0.2, 0.25) is 11.8 Å². The maximum absolute atomic E-state index is 11.7. The highest BCUT2D eigenvalue weighted by molar-refractivity contribution is 5.96. The summed E-state index contributed by atoms with van der Waals surface area (Å²) in [6.45, 7) is 2.99. The largest absolute Gasteiger partial charge is 0.493 e. The molecule has 0 bridgehead atoms. The lowest BCUT2D eigenvalue weighted by atomic mass is 10.2. The van der Waals surface area contributed by atoms with Crippen LogP contribution in [0.15, 0.2) is 18.2 Å². The van der Waals surface area contributed by atoms with Gasteiger partial charge >= 0.3 is 0 Å². The Bertz CT molecular complexity index is 503. The second-order valence-electron chi connectivity index (χ2n) is 4.85. The van der Waals surface area contributed by atoms with Gasteiger partial charge in [0, 0.05) is 13.1 Å². The molecule has 22 heavy (non-hydrogen) atoms. The highest BCUT2D eigenvalue weighted by Crippen LogP contribution is 2.27. The number of carbonyl (C=O) groups is 2. The molecule has 0 aromatic heterocycles. The zero-order chi connectivity index (χ0) is 16.4. The predicted octanol–water partition coefficient (Wildman–Crippen LogP) is 1.63. The Labute approximate surface area is 131 Å². The SMILES string of the molecule is CCCCNC(=O)CC(=O)NCc1ccc(OC)c(OC)c1. The van der Waals surface area contributed by atoms with Crippen LogP contribution in [0.5, 0.6) is 11.5 Å². The lowest BCUT2D eigenvalue weighted by Crippen LogP contribution is -2.32. The summed E-state index contributed by atoms with van der Waals surface area (Å²) in [5.74, 6) is 0.682. The highest BCUT2D eigenvalue weighted by Gasteiger charge is 2.09. The van der Waals surface area contributed by atoms with E-state index in [1.54, 1.807) is 26.4 Å². The lowest BCUT2D eigenvalue weighted by Gasteiger charge is -2.10. The van der Waals surface area contributed by atoms with E-state index < -0.39 is 0 Å². The molecule has 0 aliphatic heterocycles. The third kappa shape index (κ3) is 6.03. The van der Waals surface area contributed by atoms with Gasteiger partial charge in [-0.1, -0.05) is 19.4 Å². The number of methoxy groups -OCH3 is 2. The van der Waals surface area contributed by atoms with Crippen LogP contribution < -0.4 is 20.1 Å². The van der Waals surface area contributed by atoms with E-state index in [0.29, 0.717) is 24.6 Å². The predicted molar refractivity (Wildman–Crippen MR) is 83.9 cm³/mol. The van der Waals surface area contributed by atoms with Gasteiger partial charge in [0.05, 0.1) is 14.2 Å². The zero-order valence-electron chi connectivity index (χ0n) is 13.4. The molecule has 0 aliphatic carbocycles. The van der Waals surface area contributed by atoms with Crippen LogP contribution in [0.25, 0.3) is 0 Å². The minimum atomic E-state index is -0.302. The van der Waals surface area contributed by atoms with E-state index in [1.165, 1.54) is 0 Å². The van der Waals surface area contributed by atoms with Crippen LogP contribution in [-0.2, 0) is 16.1 Å². The van der Waals surface area contributed by atoms with Crippen LogP contribution in [0.3, 0.4) is 0 Å². The first kappa shape index (κ1) is 17.8. The molecule has 0 heterocycles. The molecule has 0 aliphatic rings. The summed E-state index contributed by atoms with van der Waals surface area (Å²) in [6.07, 6.45) is 1.77. The molecule has 0 atom stereocenters. The number of hydrogen-bond donors (Lipinski definition) is 2. The van der Waals surface area contributed by atoms with E-state index >= 15 is 0 Å². The fraction of sp³-hybridized carbons (Fsp3) is 0.500. The molecule has 0 spiro atoms. The first-order chi connectivity index (χ1) is 10.6. The molecule has 2 amide bonds. The van der Waals surface area contributed by atoms with E-state index in [2.05, 4.69) is 10.6 Å². The zero-order valence-corrected chi connectivity index (χ0v) is 13.4. The van der Waals surface area contributed by atoms with Crippen LogP contribution in [0, 0.1) is 0 Å². The van der Waals surface area contributed by atoms with Gasteiger partial charge in [-0.2, -0.15) is 0 Å². The van der Waals surface area contributed by atoms with Crippen LogP contribution in [-0.4, -0.2) is 32.6 Å². The van der Waals surface area contributed by atoms with Gasteiger partial charge in [-0.15, -0.1) is 0 Å². The number of unbranched alkanes of at least 4 members (excludes halogenated alkanes) is 1. The molecule has 6 heteroatoms. The molecule has 0 radical (unpaired) electrons. The van der Waals surface area contributed by atoms with Crippen molar-refractivity contribution in [1.29, 1.82) is 0 Å². The van der Waals surface area contributed by atoms with Gasteiger partial charge in [-0.05, 0) is 24.1 Å². The number of hydrogen-bond acceptors (Lipinski definition) is 4. The van der Waals surface area contributed by atoms with Gasteiger partial charge in [-0.25, -0.2) is 0 Å². The average Bonchev–Trinajstić information content (AvgIpc) is 2.52. The highest BCUT2D eigenvalue weighted by atomic mass is 16.5. The van der Waals surface area contributed by atoms with E-state index in [0.717, 1.165) is 18.4 Å². The fourth-order valence-corrected chi connectivity index (χ4v) is 1.87. The van der Waals surface area contributed by atoms with Gasteiger partial charge in [0.25, 0.3) is 0 Å². The molecule has 1 aromatic carbocycles. The van der Waals surface area contributed by atoms with Crippen LogP contribution in [0.2, 0.25) is 0 Å². The van der Waals surface area contributed by atoms with E-state index in [-0.39, 0.29) is 18.2 Å². The Morgan fingerprint density at radius 1 is 1.05 bits per heavy atom. The van der Waals surface area contributed by atoms with Gasteiger partial charge in [0.1, 0.15) is 6.42 Å². The average molecular weight is 308 g/mol. The monoisotopic (exact) mass is 308 g/mol. The molecule has 2 N–H and O–H groups in total. The number of nitrogens with one attached hydrogen (secondary N) is 2. The summed E-state index contributed by atoms with van der Waals surface area (Å²) in [4.78, 5) is 23.2. The van der Waals surface area contributed by atoms with Crippen molar-refractivity contribution in [2.75, 3.05) is 20.8 Å². The molecule has 0 saturated carbocycles. The minimum absolute atomic E-state index is 0.156. The standard InChI is InChI=1S/C16H24N2O4/c1-4-5-8-17-15(19)10-16(20)18-11-12-6-7-13(21-2)14(9-12)22-3/h6-7,9H,4-5,8,10-11H2,1-3H3,(H,17,19)(H,18,20). The van der Waals surface area contributed by atoms with Gasteiger partial charge in [-0.3, -0.25) is 9.59 Å². The number of amides is 2. The normalized spacial score (nSPS) is 9.95. The fourth-order valence-electron chi connectivity index (χ4n) is 1.87. The van der Waals surface area contributed by atoms with Crippen molar-refractivity contribution in [3.8, 4) is 11.5 Å². The summed E-state index contributed by atoms with van der Waals surface area (Å²) in [5, 5.41) is 5.42. The third-order valence-electron chi connectivity index (χ3n) is 3.11. The van der Waals surface area contributed by atoms with Gasteiger partial charge < -0.3 is 20.1 Å². The molecule has 0 unspecified atom stereocenters. The maximum atomic E-state index is 11.7. The second-order valence-corrected chi connectivity index (χ2v) is 4.85. The Kier molecular flexibility index (Phi) is 7.81. The Hall–Kier alpha value is -2.24. The molecule has 1 rings (SSSR count). The second kappa shape index (κ2) is 9.65. The molecule has 6 nitrogen and oxygen atoms in total. The summed E-state index contributed by atoms with van der Waals surface area (Å²) >= 11 is 0. The molecule has 0 fully saturated rings. The van der Waals surface area contributed by atoms with Crippen LogP contribution >= 0.6 is 0 Å². The topological polar surface area (TPSA) is 76.7 Å². The number of ether oxygens (including phenoxy) is 2. The lowest BCUT2D eigenvalue weighted by molar-refractivity contribution is -0.129. The smallest absolute Gasteiger partial charge is 0.229 e. The minimum Gasteiger partial charge on any atom is -0.493 e. The molecular formula is C16H24N2O4. The maximum Gasteiger partial charge on any atom is 0.229 e. The molecule has 122 valence electrons. The van der Waals surface area contributed by atoms with Crippen LogP contribution in [0.1, 0.15) is 31.7 Å². The van der Waals surface area contributed by atoms with Crippen molar-refractivity contribution in [1.82, 2.24) is 10.6 Å². The van der Waals surface area contributed by atoms with Crippen molar-refractivity contribution in [3.05, 3.63) is 23.8 Å².